The molecule has 0 saturated heterocycles. The van der Waals surface area contributed by atoms with E-state index in [1.165, 1.54) is 6.07 Å². The summed E-state index contributed by atoms with van der Waals surface area (Å²) in [6, 6.07) is 3.04. The molecule has 0 amide bonds. The third-order valence-corrected chi connectivity index (χ3v) is 3.05. The van der Waals surface area contributed by atoms with Gasteiger partial charge in [-0.3, -0.25) is 5.10 Å². The predicted octanol–water partition coefficient (Wildman–Crippen LogP) is 2.53. The van der Waals surface area contributed by atoms with Gasteiger partial charge in [0.2, 0.25) is 0 Å². The maximum absolute atomic E-state index is 13.7. The number of fused-ring (bicyclic) bond motifs is 1. The molecular formula is C10H10FIN2O. The fourth-order valence-corrected chi connectivity index (χ4v) is 2.07. The lowest BCUT2D eigenvalue weighted by Gasteiger charge is -2.17. The van der Waals surface area contributed by atoms with Crippen LogP contribution in [-0.2, 0) is 5.60 Å². The molecule has 2 rings (SSSR count). The van der Waals surface area contributed by atoms with Crippen LogP contribution < -0.4 is 0 Å². The average Bonchev–Trinajstić information content (AvgIpc) is 2.46. The Bertz CT molecular complexity index is 516. The standard InChI is InChI=1S/C10H10FIN2O/c1-10(2,15)5-3-6(11)8-7(4-5)13-14-9(8)12/h3-4,15H,1-2H3,(H,13,14). The van der Waals surface area contributed by atoms with Crippen molar-refractivity contribution >= 4 is 33.5 Å². The molecule has 5 heteroatoms. The number of rotatable bonds is 1. The van der Waals surface area contributed by atoms with E-state index in [-0.39, 0.29) is 5.82 Å². The molecule has 0 fully saturated rings. The zero-order chi connectivity index (χ0) is 11.2. The molecule has 1 heterocycles. The van der Waals surface area contributed by atoms with E-state index >= 15 is 0 Å². The number of hydrogen-bond acceptors (Lipinski definition) is 2. The first-order chi connectivity index (χ1) is 6.89. The fraction of sp³-hybridized carbons (Fsp3) is 0.300. The summed E-state index contributed by atoms with van der Waals surface area (Å²) in [4.78, 5) is 0. The average molecular weight is 320 g/mol. The first-order valence-corrected chi connectivity index (χ1v) is 5.53. The molecular weight excluding hydrogens is 310 g/mol. The van der Waals surface area contributed by atoms with Gasteiger partial charge in [0.05, 0.1) is 16.5 Å². The van der Waals surface area contributed by atoms with Crippen LogP contribution in [0.5, 0.6) is 0 Å². The Morgan fingerprint density at radius 1 is 1.47 bits per heavy atom. The van der Waals surface area contributed by atoms with Crippen molar-refractivity contribution in [3.05, 3.63) is 27.2 Å². The molecule has 80 valence electrons. The number of aromatic amines is 1. The molecule has 0 aliphatic carbocycles. The second kappa shape index (κ2) is 3.41. The Hall–Kier alpha value is -0.690. The van der Waals surface area contributed by atoms with E-state index in [1.807, 2.05) is 22.6 Å². The van der Waals surface area contributed by atoms with Gasteiger partial charge in [0, 0.05) is 0 Å². The Morgan fingerprint density at radius 3 is 2.73 bits per heavy atom. The van der Waals surface area contributed by atoms with Gasteiger partial charge in [-0.2, -0.15) is 5.10 Å². The minimum Gasteiger partial charge on any atom is -0.386 e. The summed E-state index contributed by atoms with van der Waals surface area (Å²) >= 11 is 1.99. The Kier molecular flexibility index (Phi) is 2.46. The largest absolute Gasteiger partial charge is 0.386 e. The summed E-state index contributed by atoms with van der Waals surface area (Å²) in [5.41, 5.74) is 0.00583. The second-order valence-corrected chi connectivity index (χ2v) is 5.03. The van der Waals surface area contributed by atoms with E-state index in [9.17, 15) is 9.50 Å². The maximum Gasteiger partial charge on any atom is 0.135 e. The summed E-state index contributed by atoms with van der Waals surface area (Å²) in [7, 11) is 0. The molecule has 0 spiro atoms. The number of aromatic nitrogens is 2. The zero-order valence-corrected chi connectivity index (χ0v) is 10.5. The SMILES string of the molecule is CC(C)(O)c1cc(F)c2c(I)[nH]nc2c1. The van der Waals surface area contributed by atoms with Crippen LogP contribution in [0.2, 0.25) is 0 Å². The molecule has 15 heavy (non-hydrogen) atoms. The molecule has 0 radical (unpaired) electrons. The molecule has 0 atom stereocenters. The molecule has 0 unspecified atom stereocenters. The summed E-state index contributed by atoms with van der Waals surface area (Å²) in [6.45, 7) is 3.23. The smallest absolute Gasteiger partial charge is 0.135 e. The lowest BCUT2D eigenvalue weighted by atomic mass is 9.97. The van der Waals surface area contributed by atoms with Gasteiger partial charge < -0.3 is 5.11 Å². The summed E-state index contributed by atoms with van der Waals surface area (Å²) in [5.74, 6) is -0.359. The third kappa shape index (κ3) is 1.85. The molecule has 3 nitrogen and oxygen atoms in total. The first kappa shape index (κ1) is 10.8. The molecule has 0 aliphatic rings. The van der Waals surface area contributed by atoms with Crippen molar-refractivity contribution < 1.29 is 9.50 Å². The van der Waals surface area contributed by atoms with E-state index in [1.54, 1.807) is 19.9 Å². The highest BCUT2D eigenvalue weighted by molar-refractivity contribution is 14.1. The molecule has 0 bridgehead atoms. The van der Waals surface area contributed by atoms with E-state index < -0.39 is 5.60 Å². The van der Waals surface area contributed by atoms with Crippen molar-refractivity contribution in [1.29, 1.82) is 0 Å². The Morgan fingerprint density at radius 2 is 2.13 bits per heavy atom. The van der Waals surface area contributed by atoms with E-state index in [0.29, 0.717) is 20.2 Å². The Balaban J connectivity index is 2.74. The molecule has 0 saturated carbocycles. The number of H-pyrrole nitrogens is 1. The van der Waals surface area contributed by atoms with Crippen LogP contribution in [0.3, 0.4) is 0 Å². The zero-order valence-electron chi connectivity index (χ0n) is 8.31. The fourth-order valence-electron chi connectivity index (χ4n) is 1.42. The number of nitrogens with zero attached hydrogens (tertiary/aromatic N) is 1. The molecule has 1 aromatic carbocycles. The first-order valence-electron chi connectivity index (χ1n) is 4.45. The van der Waals surface area contributed by atoms with E-state index in [0.717, 1.165) is 0 Å². The van der Waals surface area contributed by atoms with Crippen molar-refractivity contribution in [1.82, 2.24) is 10.2 Å². The normalized spacial score (nSPS) is 12.3. The van der Waals surface area contributed by atoms with Gasteiger partial charge in [-0.25, -0.2) is 4.39 Å². The number of hydrogen-bond donors (Lipinski definition) is 2. The third-order valence-electron chi connectivity index (χ3n) is 2.27. The monoisotopic (exact) mass is 320 g/mol. The van der Waals surface area contributed by atoms with Crippen molar-refractivity contribution in [2.45, 2.75) is 19.4 Å². The summed E-state index contributed by atoms with van der Waals surface area (Å²) in [5, 5.41) is 16.9. The quantitative estimate of drug-likeness (QED) is 0.794. The van der Waals surface area contributed by atoms with Crippen LogP contribution in [0.1, 0.15) is 19.4 Å². The minimum atomic E-state index is -1.06. The van der Waals surface area contributed by atoms with Gasteiger partial charge in [0.15, 0.2) is 0 Å². The second-order valence-electron chi connectivity index (χ2n) is 3.95. The number of nitrogens with one attached hydrogen (secondary N) is 1. The van der Waals surface area contributed by atoms with Gasteiger partial charge in [0.25, 0.3) is 0 Å². The van der Waals surface area contributed by atoms with Crippen molar-refractivity contribution in [2.75, 3.05) is 0 Å². The molecule has 0 aliphatic heterocycles. The lowest BCUT2D eigenvalue weighted by Crippen LogP contribution is -2.15. The molecule has 1 aromatic heterocycles. The maximum atomic E-state index is 13.7. The van der Waals surface area contributed by atoms with E-state index in [4.69, 9.17) is 0 Å². The van der Waals surface area contributed by atoms with Gasteiger partial charge >= 0.3 is 0 Å². The van der Waals surface area contributed by atoms with Crippen LogP contribution in [0.15, 0.2) is 12.1 Å². The Labute approximate surface area is 99.8 Å². The van der Waals surface area contributed by atoms with Crippen LogP contribution in [0.25, 0.3) is 10.9 Å². The van der Waals surface area contributed by atoms with Crippen LogP contribution in [-0.4, -0.2) is 15.3 Å². The van der Waals surface area contributed by atoms with Crippen LogP contribution in [0.4, 0.5) is 4.39 Å². The number of aliphatic hydroxyl groups is 1. The molecule has 2 aromatic rings. The molecule has 2 N–H and O–H groups in total. The van der Waals surface area contributed by atoms with Crippen LogP contribution in [0, 0.1) is 9.52 Å². The highest BCUT2D eigenvalue weighted by Crippen LogP contribution is 2.27. The summed E-state index contributed by atoms with van der Waals surface area (Å²) in [6.07, 6.45) is 0. The number of benzene rings is 1. The highest BCUT2D eigenvalue weighted by atomic mass is 127. The predicted molar refractivity (Wildman–Crippen MR) is 64.0 cm³/mol. The topological polar surface area (TPSA) is 48.9 Å². The minimum absolute atomic E-state index is 0.359. The van der Waals surface area contributed by atoms with Gasteiger partial charge in [-0.15, -0.1) is 0 Å². The van der Waals surface area contributed by atoms with Gasteiger partial charge in [0.1, 0.15) is 9.52 Å². The van der Waals surface area contributed by atoms with Gasteiger partial charge in [-0.1, -0.05) is 0 Å². The van der Waals surface area contributed by atoms with Gasteiger partial charge in [-0.05, 0) is 54.1 Å². The van der Waals surface area contributed by atoms with E-state index in [2.05, 4.69) is 10.2 Å². The van der Waals surface area contributed by atoms with Crippen molar-refractivity contribution in [2.24, 2.45) is 0 Å². The number of halogens is 2. The van der Waals surface area contributed by atoms with Crippen molar-refractivity contribution in [3.63, 3.8) is 0 Å². The summed E-state index contributed by atoms with van der Waals surface area (Å²) < 4.78 is 14.4. The lowest BCUT2D eigenvalue weighted by molar-refractivity contribution is 0.0784. The highest BCUT2D eigenvalue weighted by Gasteiger charge is 2.20. The van der Waals surface area contributed by atoms with Crippen molar-refractivity contribution in [3.8, 4) is 0 Å². The van der Waals surface area contributed by atoms with Crippen LogP contribution >= 0.6 is 22.6 Å².